The number of carboxylic acid groups (broad SMARTS) is 1. The number of carboxylic acids is 1. The third-order valence-electron chi connectivity index (χ3n) is 5.65. The van der Waals surface area contributed by atoms with Gasteiger partial charge in [-0.1, -0.05) is 61.3 Å². The van der Waals surface area contributed by atoms with E-state index < -0.39 is 11.6 Å². The van der Waals surface area contributed by atoms with Crippen LogP contribution in [0.25, 0.3) is 11.1 Å². The number of nitrogens with one attached hydrogen (secondary N) is 1. The average Bonchev–Trinajstić information content (AvgIpc) is 2.85. The van der Waals surface area contributed by atoms with E-state index in [1.807, 2.05) is 42.5 Å². The predicted molar refractivity (Wildman–Crippen MR) is 142 cm³/mol. The summed E-state index contributed by atoms with van der Waals surface area (Å²) in [7, 11) is 0. The van der Waals surface area contributed by atoms with Crippen molar-refractivity contribution in [2.24, 2.45) is 0 Å². The van der Waals surface area contributed by atoms with E-state index in [9.17, 15) is 14.7 Å². The van der Waals surface area contributed by atoms with Crippen molar-refractivity contribution in [3.63, 3.8) is 0 Å². The number of amides is 1. The van der Waals surface area contributed by atoms with Crippen molar-refractivity contribution in [3.8, 4) is 22.6 Å². The van der Waals surface area contributed by atoms with E-state index in [2.05, 4.69) is 12.2 Å². The van der Waals surface area contributed by atoms with Crippen molar-refractivity contribution in [3.05, 3.63) is 82.9 Å². The molecule has 0 saturated heterocycles. The van der Waals surface area contributed by atoms with Gasteiger partial charge in [0.1, 0.15) is 11.5 Å². The van der Waals surface area contributed by atoms with Crippen molar-refractivity contribution >= 4 is 23.5 Å². The Morgan fingerprint density at radius 3 is 2.44 bits per heavy atom. The zero-order chi connectivity index (χ0) is 26.1. The first-order chi connectivity index (χ1) is 17.2. The molecule has 0 heterocycles. The summed E-state index contributed by atoms with van der Waals surface area (Å²) in [6.45, 7) is 6.13. The van der Waals surface area contributed by atoms with E-state index in [-0.39, 0.29) is 5.91 Å². The summed E-state index contributed by atoms with van der Waals surface area (Å²) in [5.41, 5.74) is 2.09. The van der Waals surface area contributed by atoms with Gasteiger partial charge in [0.15, 0.2) is 5.60 Å². The molecule has 0 saturated carbocycles. The van der Waals surface area contributed by atoms with Gasteiger partial charge in [-0.2, -0.15) is 0 Å². The molecule has 36 heavy (non-hydrogen) atoms. The van der Waals surface area contributed by atoms with E-state index in [1.165, 1.54) is 13.8 Å². The van der Waals surface area contributed by atoms with Crippen LogP contribution in [0.4, 0.5) is 0 Å². The molecule has 190 valence electrons. The van der Waals surface area contributed by atoms with Crippen molar-refractivity contribution in [2.45, 2.75) is 45.6 Å². The number of hydrogen-bond donors (Lipinski definition) is 2. The summed E-state index contributed by atoms with van der Waals surface area (Å²) in [4.78, 5) is 24.1. The van der Waals surface area contributed by atoms with Crippen LogP contribution in [0.15, 0.2) is 66.7 Å². The number of halogens is 1. The van der Waals surface area contributed by atoms with Crippen LogP contribution in [-0.4, -0.2) is 35.7 Å². The number of rotatable bonds is 12. The zero-order valence-corrected chi connectivity index (χ0v) is 21.6. The highest BCUT2D eigenvalue weighted by Crippen LogP contribution is 2.27. The number of hydrogen-bond acceptors (Lipinski definition) is 4. The maximum atomic E-state index is 12.8. The van der Waals surface area contributed by atoms with Gasteiger partial charge in [0, 0.05) is 11.6 Å². The maximum Gasteiger partial charge on any atom is 0.347 e. The lowest BCUT2D eigenvalue weighted by atomic mass is 10.0. The van der Waals surface area contributed by atoms with E-state index in [0.29, 0.717) is 41.7 Å². The summed E-state index contributed by atoms with van der Waals surface area (Å²) in [6, 6.07) is 20.4. The van der Waals surface area contributed by atoms with Crippen LogP contribution >= 0.6 is 11.6 Å². The standard InChI is InChI=1S/C29H32ClNO5/c1-4-5-17-35-26-14-13-23(30)19-25(26)27(32)31-16-15-20-9-11-21(12-10-20)22-7-6-8-24(18-22)36-29(2,3)28(33)34/h6-14,18-19H,4-5,15-17H2,1-3H3,(H,31,32)(H,33,34). The molecule has 0 aliphatic heterocycles. The van der Waals surface area contributed by atoms with Crippen LogP contribution < -0.4 is 14.8 Å². The van der Waals surface area contributed by atoms with Crippen molar-refractivity contribution in [2.75, 3.05) is 13.2 Å². The number of ether oxygens (including phenoxy) is 2. The van der Waals surface area contributed by atoms with Crippen LogP contribution in [0.2, 0.25) is 5.02 Å². The van der Waals surface area contributed by atoms with Gasteiger partial charge in [0.25, 0.3) is 5.91 Å². The topological polar surface area (TPSA) is 84.9 Å². The first-order valence-corrected chi connectivity index (χ1v) is 12.4. The molecule has 0 bridgehead atoms. The summed E-state index contributed by atoms with van der Waals surface area (Å²) in [5.74, 6) is -0.222. The lowest BCUT2D eigenvalue weighted by molar-refractivity contribution is -0.152. The molecule has 1 amide bonds. The largest absolute Gasteiger partial charge is 0.493 e. The molecule has 0 aliphatic rings. The molecule has 0 fully saturated rings. The van der Waals surface area contributed by atoms with E-state index in [4.69, 9.17) is 21.1 Å². The molecule has 0 unspecified atom stereocenters. The quantitative estimate of drug-likeness (QED) is 0.276. The molecular formula is C29H32ClNO5. The second-order valence-electron chi connectivity index (χ2n) is 8.99. The van der Waals surface area contributed by atoms with Crippen molar-refractivity contribution in [1.82, 2.24) is 5.32 Å². The third kappa shape index (κ3) is 7.49. The van der Waals surface area contributed by atoms with Crippen LogP contribution in [0.5, 0.6) is 11.5 Å². The molecule has 0 aliphatic carbocycles. The number of unbranched alkanes of at least 4 members (excludes halogenated alkanes) is 1. The average molecular weight is 510 g/mol. The fraction of sp³-hybridized carbons (Fsp3) is 0.310. The number of carbonyl (C=O) groups is 2. The number of carbonyl (C=O) groups excluding carboxylic acids is 1. The van der Waals surface area contributed by atoms with E-state index in [0.717, 1.165) is 29.5 Å². The zero-order valence-electron chi connectivity index (χ0n) is 20.8. The minimum atomic E-state index is -1.32. The molecule has 7 heteroatoms. The fourth-order valence-electron chi connectivity index (χ4n) is 3.49. The molecule has 2 N–H and O–H groups in total. The van der Waals surface area contributed by atoms with Crippen LogP contribution in [0, 0.1) is 0 Å². The van der Waals surface area contributed by atoms with Gasteiger partial charge in [0.2, 0.25) is 0 Å². The van der Waals surface area contributed by atoms with Gasteiger partial charge >= 0.3 is 5.97 Å². The van der Waals surface area contributed by atoms with Gasteiger partial charge in [-0.25, -0.2) is 4.79 Å². The summed E-state index contributed by atoms with van der Waals surface area (Å²) in [5, 5.41) is 12.7. The Hall–Kier alpha value is -3.51. The Morgan fingerprint density at radius 2 is 1.75 bits per heavy atom. The van der Waals surface area contributed by atoms with Crippen LogP contribution in [-0.2, 0) is 11.2 Å². The van der Waals surface area contributed by atoms with Crippen LogP contribution in [0.1, 0.15) is 49.5 Å². The molecule has 3 rings (SSSR count). The summed E-state index contributed by atoms with van der Waals surface area (Å²) < 4.78 is 11.4. The second-order valence-corrected chi connectivity index (χ2v) is 9.43. The van der Waals surface area contributed by atoms with Crippen LogP contribution in [0.3, 0.4) is 0 Å². The Bertz CT molecular complexity index is 1190. The minimum absolute atomic E-state index is 0.221. The molecule has 0 aromatic heterocycles. The molecular weight excluding hydrogens is 478 g/mol. The predicted octanol–water partition coefficient (Wildman–Crippen LogP) is 6.40. The van der Waals surface area contributed by atoms with Gasteiger partial charge < -0.3 is 19.9 Å². The highest BCUT2D eigenvalue weighted by Gasteiger charge is 2.29. The molecule has 3 aromatic rings. The molecule has 0 atom stereocenters. The lowest BCUT2D eigenvalue weighted by Crippen LogP contribution is -2.37. The molecule has 0 spiro atoms. The van der Waals surface area contributed by atoms with Gasteiger partial charge in [0.05, 0.1) is 12.2 Å². The third-order valence-corrected chi connectivity index (χ3v) is 5.89. The van der Waals surface area contributed by atoms with Gasteiger partial charge in [-0.15, -0.1) is 0 Å². The highest BCUT2D eigenvalue weighted by atomic mass is 35.5. The normalized spacial score (nSPS) is 11.1. The van der Waals surface area contributed by atoms with Gasteiger partial charge in [-0.05, 0) is 73.7 Å². The number of benzene rings is 3. The van der Waals surface area contributed by atoms with E-state index >= 15 is 0 Å². The van der Waals surface area contributed by atoms with E-state index in [1.54, 1.807) is 24.3 Å². The maximum absolute atomic E-state index is 12.8. The second kappa shape index (κ2) is 12.5. The van der Waals surface area contributed by atoms with Gasteiger partial charge in [-0.3, -0.25) is 4.79 Å². The Labute approximate surface area is 217 Å². The molecule has 0 radical (unpaired) electrons. The fourth-order valence-corrected chi connectivity index (χ4v) is 3.66. The minimum Gasteiger partial charge on any atom is -0.493 e. The molecule has 3 aromatic carbocycles. The first-order valence-electron chi connectivity index (χ1n) is 12.0. The SMILES string of the molecule is CCCCOc1ccc(Cl)cc1C(=O)NCCc1ccc(-c2cccc(OC(C)(C)C(=O)O)c2)cc1. The molecule has 6 nitrogen and oxygen atoms in total. The van der Waals surface area contributed by atoms with Crippen molar-refractivity contribution in [1.29, 1.82) is 0 Å². The Kier molecular flexibility index (Phi) is 9.37. The highest BCUT2D eigenvalue weighted by molar-refractivity contribution is 6.31. The lowest BCUT2D eigenvalue weighted by Gasteiger charge is -2.21. The summed E-state index contributed by atoms with van der Waals surface area (Å²) >= 11 is 6.10. The van der Waals surface area contributed by atoms with Crippen molar-refractivity contribution < 1.29 is 24.2 Å². The Balaban J connectivity index is 1.59. The Morgan fingerprint density at radius 1 is 1.00 bits per heavy atom. The summed E-state index contributed by atoms with van der Waals surface area (Å²) in [6.07, 6.45) is 2.59. The monoisotopic (exact) mass is 509 g/mol. The smallest absolute Gasteiger partial charge is 0.347 e. The number of aliphatic carboxylic acids is 1. The first kappa shape index (κ1) is 27.1.